The SMILES string of the molecule is CCC1(OC)CN(Cc2ccc(C#Cc3ccc(C(=O)N(C)C(C(=O)NC)C(=O)NO)cc3)cc2)C1. The molecule has 2 aromatic carbocycles. The smallest absolute Gasteiger partial charge is 0.275 e. The van der Waals surface area contributed by atoms with Crippen LogP contribution in [0.25, 0.3) is 0 Å². The van der Waals surface area contributed by atoms with Crippen molar-refractivity contribution in [2.75, 3.05) is 34.3 Å². The maximum Gasteiger partial charge on any atom is 0.275 e. The van der Waals surface area contributed by atoms with Crippen LogP contribution >= 0.6 is 0 Å². The highest BCUT2D eigenvalue weighted by molar-refractivity contribution is 6.08. The number of hydrogen-bond acceptors (Lipinski definition) is 6. The Morgan fingerprint density at radius 3 is 2.08 bits per heavy atom. The molecule has 2 aromatic rings. The van der Waals surface area contributed by atoms with Crippen LogP contribution in [0.1, 0.15) is 40.4 Å². The van der Waals surface area contributed by atoms with E-state index in [4.69, 9.17) is 9.94 Å². The average Bonchev–Trinajstić information content (AvgIpc) is 2.89. The molecule has 0 saturated carbocycles. The number of benzene rings is 2. The largest absolute Gasteiger partial charge is 0.376 e. The van der Waals surface area contributed by atoms with Gasteiger partial charge in [-0.3, -0.25) is 24.5 Å². The minimum absolute atomic E-state index is 0.000896. The highest BCUT2D eigenvalue weighted by Gasteiger charge is 2.41. The van der Waals surface area contributed by atoms with Gasteiger partial charge in [0.25, 0.3) is 17.7 Å². The molecule has 1 atom stereocenters. The van der Waals surface area contributed by atoms with Crippen molar-refractivity contribution in [1.82, 2.24) is 20.6 Å². The monoisotopic (exact) mass is 492 g/mol. The Morgan fingerprint density at radius 2 is 1.61 bits per heavy atom. The summed E-state index contributed by atoms with van der Waals surface area (Å²) < 4.78 is 5.63. The van der Waals surface area contributed by atoms with Crippen molar-refractivity contribution < 1.29 is 24.3 Å². The third kappa shape index (κ3) is 6.10. The van der Waals surface area contributed by atoms with E-state index in [0.29, 0.717) is 5.56 Å². The predicted molar refractivity (Wildman–Crippen MR) is 134 cm³/mol. The summed E-state index contributed by atoms with van der Waals surface area (Å²) in [4.78, 5) is 40.0. The highest BCUT2D eigenvalue weighted by atomic mass is 16.5. The fourth-order valence-electron chi connectivity index (χ4n) is 4.16. The van der Waals surface area contributed by atoms with E-state index < -0.39 is 23.8 Å². The number of amides is 3. The van der Waals surface area contributed by atoms with E-state index in [-0.39, 0.29) is 11.2 Å². The van der Waals surface area contributed by atoms with E-state index >= 15 is 0 Å². The van der Waals surface area contributed by atoms with Crippen molar-refractivity contribution in [3.8, 4) is 11.8 Å². The van der Waals surface area contributed by atoms with E-state index in [1.807, 2.05) is 12.1 Å². The molecule has 1 fully saturated rings. The van der Waals surface area contributed by atoms with Crippen LogP contribution in [0.15, 0.2) is 48.5 Å². The number of nitrogens with zero attached hydrogens (tertiary/aromatic N) is 2. The van der Waals surface area contributed by atoms with Gasteiger partial charge in [-0.05, 0) is 48.4 Å². The molecule has 1 saturated heterocycles. The topological polar surface area (TPSA) is 111 Å². The van der Waals surface area contributed by atoms with Gasteiger partial charge in [-0.15, -0.1) is 0 Å². The lowest BCUT2D eigenvalue weighted by molar-refractivity contribution is -0.140. The molecule has 3 amide bonds. The summed E-state index contributed by atoms with van der Waals surface area (Å²) in [5.41, 5.74) is 4.51. The second-order valence-electron chi connectivity index (χ2n) is 8.82. The summed E-state index contributed by atoms with van der Waals surface area (Å²) in [6.07, 6.45) is 1.01. The van der Waals surface area contributed by atoms with Crippen LogP contribution in [0.3, 0.4) is 0 Å². The lowest BCUT2D eigenvalue weighted by Crippen LogP contribution is -2.61. The van der Waals surface area contributed by atoms with Crippen LogP contribution < -0.4 is 10.8 Å². The van der Waals surface area contributed by atoms with Crippen molar-refractivity contribution in [2.24, 2.45) is 0 Å². The Morgan fingerprint density at radius 1 is 1.06 bits per heavy atom. The second-order valence-corrected chi connectivity index (χ2v) is 8.82. The van der Waals surface area contributed by atoms with Gasteiger partial charge in [0.05, 0.1) is 5.60 Å². The van der Waals surface area contributed by atoms with Gasteiger partial charge < -0.3 is 15.0 Å². The number of hydroxylamine groups is 1. The zero-order chi connectivity index (χ0) is 26.3. The molecule has 9 heteroatoms. The summed E-state index contributed by atoms with van der Waals surface area (Å²) >= 11 is 0. The summed E-state index contributed by atoms with van der Waals surface area (Å²) in [5, 5.41) is 11.2. The maximum atomic E-state index is 12.8. The van der Waals surface area contributed by atoms with Crippen LogP contribution in [0.4, 0.5) is 0 Å². The molecular weight excluding hydrogens is 460 g/mol. The molecule has 1 aliphatic rings. The molecule has 1 unspecified atom stereocenters. The number of methoxy groups -OCH3 is 1. The third-order valence-corrected chi connectivity index (χ3v) is 6.50. The molecule has 0 radical (unpaired) electrons. The first-order chi connectivity index (χ1) is 17.3. The number of nitrogens with one attached hydrogen (secondary N) is 2. The summed E-state index contributed by atoms with van der Waals surface area (Å²) in [5.74, 6) is 3.92. The number of likely N-dealkylation sites (N-methyl/N-ethyl adjacent to an activating group) is 2. The van der Waals surface area contributed by atoms with Gasteiger partial charge in [-0.1, -0.05) is 30.9 Å². The van der Waals surface area contributed by atoms with Gasteiger partial charge in [-0.25, -0.2) is 5.48 Å². The number of rotatable bonds is 8. The molecule has 3 rings (SSSR count). The molecule has 0 spiro atoms. The lowest BCUT2D eigenvalue weighted by atomic mass is 9.90. The van der Waals surface area contributed by atoms with Gasteiger partial charge in [0.2, 0.25) is 0 Å². The fraction of sp³-hybridized carbons (Fsp3) is 0.370. The summed E-state index contributed by atoms with van der Waals surface area (Å²) in [6.45, 7) is 4.91. The number of carbonyl (C=O) groups is 3. The van der Waals surface area contributed by atoms with Crippen LogP contribution in [0.2, 0.25) is 0 Å². The van der Waals surface area contributed by atoms with Crippen molar-refractivity contribution in [2.45, 2.75) is 31.5 Å². The molecular formula is C27H32N4O5. The molecule has 36 heavy (non-hydrogen) atoms. The first-order valence-corrected chi connectivity index (χ1v) is 11.7. The molecule has 1 aliphatic heterocycles. The first-order valence-electron chi connectivity index (χ1n) is 11.7. The van der Waals surface area contributed by atoms with Gasteiger partial charge in [0.1, 0.15) is 0 Å². The van der Waals surface area contributed by atoms with Gasteiger partial charge >= 0.3 is 0 Å². The van der Waals surface area contributed by atoms with Crippen LogP contribution in [-0.4, -0.2) is 78.7 Å². The van der Waals surface area contributed by atoms with Crippen molar-refractivity contribution in [3.05, 3.63) is 70.8 Å². The Balaban J connectivity index is 1.61. The van der Waals surface area contributed by atoms with Crippen molar-refractivity contribution in [3.63, 3.8) is 0 Å². The van der Waals surface area contributed by atoms with Crippen LogP contribution in [-0.2, 0) is 20.9 Å². The Kier molecular flexibility index (Phi) is 8.83. The number of ether oxygens (including phenoxy) is 1. The van der Waals surface area contributed by atoms with Gasteiger partial charge in [0.15, 0.2) is 6.04 Å². The zero-order valence-electron chi connectivity index (χ0n) is 21.0. The van der Waals surface area contributed by atoms with Crippen LogP contribution in [0.5, 0.6) is 0 Å². The molecule has 0 bridgehead atoms. The summed E-state index contributed by atoms with van der Waals surface area (Å²) in [7, 11) is 4.43. The standard InChI is InChI=1S/C27H32N4O5/c1-5-27(36-4)17-31(18-27)16-21-10-8-19(9-11-21)6-7-20-12-14-22(15-13-20)26(34)30(3)23(24(32)28-2)25(33)29-35/h8-15,23,35H,5,16-18H2,1-4H3,(H,28,32)(H,29,33). The van der Waals surface area contributed by atoms with E-state index in [2.05, 4.69) is 41.1 Å². The second kappa shape index (κ2) is 11.8. The van der Waals surface area contributed by atoms with E-state index in [1.165, 1.54) is 25.1 Å². The molecule has 1 heterocycles. The van der Waals surface area contributed by atoms with E-state index in [1.54, 1.807) is 31.4 Å². The molecule has 190 valence electrons. The minimum Gasteiger partial charge on any atom is -0.376 e. The highest BCUT2D eigenvalue weighted by Crippen LogP contribution is 2.29. The lowest BCUT2D eigenvalue weighted by Gasteiger charge is -2.48. The zero-order valence-corrected chi connectivity index (χ0v) is 21.0. The number of likely N-dealkylation sites (tertiary alicyclic amines) is 1. The van der Waals surface area contributed by atoms with E-state index in [9.17, 15) is 14.4 Å². The fourth-order valence-corrected chi connectivity index (χ4v) is 4.16. The average molecular weight is 493 g/mol. The Hall–Kier alpha value is -3.71. The Bertz CT molecular complexity index is 1120. The third-order valence-electron chi connectivity index (χ3n) is 6.50. The number of carbonyl (C=O) groups excluding carboxylic acids is 3. The number of hydrogen-bond donors (Lipinski definition) is 3. The maximum absolute atomic E-state index is 12.8. The van der Waals surface area contributed by atoms with Gasteiger partial charge in [-0.2, -0.15) is 0 Å². The Labute approximate surface area is 211 Å². The normalized spacial score (nSPS) is 15.0. The minimum atomic E-state index is -1.51. The van der Waals surface area contributed by atoms with Crippen molar-refractivity contribution in [1.29, 1.82) is 0 Å². The van der Waals surface area contributed by atoms with Crippen molar-refractivity contribution >= 4 is 17.7 Å². The molecule has 3 N–H and O–H groups in total. The predicted octanol–water partition coefficient (Wildman–Crippen LogP) is 1.39. The van der Waals surface area contributed by atoms with Gasteiger partial charge in [0, 0.05) is 57.5 Å². The van der Waals surface area contributed by atoms with E-state index in [0.717, 1.165) is 36.5 Å². The quantitative estimate of drug-likeness (QED) is 0.222. The molecule has 9 nitrogen and oxygen atoms in total. The molecule has 0 aromatic heterocycles. The first kappa shape index (κ1) is 26.9. The molecule has 0 aliphatic carbocycles. The van der Waals surface area contributed by atoms with Crippen LogP contribution in [0, 0.1) is 11.8 Å². The summed E-state index contributed by atoms with van der Waals surface area (Å²) in [6, 6.07) is 13.2.